The Morgan fingerprint density at radius 2 is 1.38 bits per heavy atom. The van der Waals surface area contributed by atoms with Crippen LogP contribution in [0, 0.1) is 13.8 Å². The summed E-state index contributed by atoms with van der Waals surface area (Å²) in [4.78, 5) is 0. The first-order valence-electron chi connectivity index (χ1n) is 8.33. The Hall–Kier alpha value is -2.87. The molecule has 1 aliphatic heterocycles. The van der Waals surface area contributed by atoms with Crippen molar-refractivity contribution >= 4 is 17.6 Å². The van der Waals surface area contributed by atoms with Crippen LogP contribution in [-0.2, 0) is 0 Å². The average molecular weight is 313 g/mol. The first-order valence-corrected chi connectivity index (χ1v) is 8.33. The zero-order valence-electron chi connectivity index (χ0n) is 14.0. The molecule has 0 spiro atoms. The van der Waals surface area contributed by atoms with Gasteiger partial charge in [-0.1, -0.05) is 59.7 Å². The molecule has 2 heteroatoms. The Labute approximate surface area is 143 Å². The molecule has 0 radical (unpaired) electrons. The Kier molecular flexibility index (Phi) is 3.66. The van der Waals surface area contributed by atoms with Crippen molar-refractivity contribution in [3.63, 3.8) is 0 Å². The van der Waals surface area contributed by atoms with Crippen molar-refractivity contribution in [2.24, 2.45) is 0 Å². The van der Waals surface area contributed by atoms with E-state index in [-0.39, 0.29) is 6.17 Å². The zero-order valence-corrected chi connectivity index (χ0v) is 14.0. The number of rotatable bonds is 2. The van der Waals surface area contributed by atoms with Gasteiger partial charge in [-0.05, 0) is 26.0 Å². The maximum absolute atomic E-state index is 3.69. The Morgan fingerprint density at radius 3 is 2.08 bits per heavy atom. The van der Waals surface area contributed by atoms with E-state index < -0.39 is 0 Å². The molecule has 1 unspecified atom stereocenters. The van der Waals surface area contributed by atoms with Crippen LogP contribution in [0.15, 0.2) is 72.8 Å². The molecular weight excluding hydrogens is 292 g/mol. The van der Waals surface area contributed by atoms with Crippen molar-refractivity contribution in [1.82, 2.24) is 0 Å². The third-order valence-corrected chi connectivity index (χ3v) is 4.53. The van der Waals surface area contributed by atoms with Crippen molar-refractivity contribution in [1.29, 1.82) is 0 Å². The van der Waals surface area contributed by atoms with Crippen LogP contribution in [0.1, 0.15) is 28.4 Å². The summed E-state index contributed by atoms with van der Waals surface area (Å²) in [6.07, 6.45) is 2.32. The van der Waals surface area contributed by atoms with Gasteiger partial charge in [0.25, 0.3) is 6.17 Å². The molecule has 3 aromatic rings. The van der Waals surface area contributed by atoms with Crippen molar-refractivity contribution in [2.45, 2.75) is 20.0 Å². The van der Waals surface area contributed by atoms with E-state index in [2.05, 4.69) is 103 Å². The lowest BCUT2D eigenvalue weighted by Gasteiger charge is -2.23. The number of nitrogens with zero attached hydrogens (tertiary/aromatic N) is 1. The number of para-hydroxylation sites is 1. The molecule has 4 rings (SSSR count). The van der Waals surface area contributed by atoms with Gasteiger partial charge >= 0.3 is 0 Å². The van der Waals surface area contributed by atoms with Crippen molar-refractivity contribution < 1.29 is 4.58 Å². The van der Waals surface area contributed by atoms with Crippen LogP contribution >= 0.6 is 0 Å². The monoisotopic (exact) mass is 313 g/mol. The molecule has 0 bridgehead atoms. The van der Waals surface area contributed by atoms with E-state index in [1.54, 1.807) is 0 Å². The molecule has 1 aliphatic rings. The number of nitrogens with one attached hydrogen (secondary N) is 1. The first-order chi connectivity index (χ1) is 11.7. The molecule has 0 saturated heterocycles. The van der Waals surface area contributed by atoms with Crippen LogP contribution in [-0.4, -0.2) is 10.8 Å². The van der Waals surface area contributed by atoms with Gasteiger partial charge in [0, 0.05) is 17.7 Å². The largest absolute Gasteiger partial charge is 0.323 e. The Balaban J connectivity index is 1.85. The van der Waals surface area contributed by atoms with Crippen molar-refractivity contribution in [3.05, 3.63) is 95.1 Å². The smallest absolute Gasteiger partial charge is 0.258 e. The number of anilines is 1. The van der Waals surface area contributed by atoms with E-state index >= 15 is 0 Å². The van der Waals surface area contributed by atoms with E-state index in [4.69, 9.17) is 0 Å². The highest BCUT2D eigenvalue weighted by atomic mass is 15.2. The Bertz CT molecular complexity index is 890. The van der Waals surface area contributed by atoms with E-state index in [9.17, 15) is 0 Å². The van der Waals surface area contributed by atoms with Crippen LogP contribution in [0.25, 0.3) is 0 Å². The molecule has 118 valence electrons. The van der Waals surface area contributed by atoms with Gasteiger partial charge in [0.15, 0.2) is 6.21 Å². The van der Waals surface area contributed by atoms with Crippen LogP contribution in [0.3, 0.4) is 0 Å². The van der Waals surface area contributed by atoms with Crippen LogP contribution in [0.5, 0.6) is 0 Å². The average Bonchev–Trinajstić information content (AvgIpc) is 2.62. The van der Waals surface area contributed by atoms with Gasteiger partial charge in [0.05, 0.1) is 11.3 Å². The summed E-state index contributed by atoms with van der Waals surface area (Å²) < 4.78 is 2.31. The van der Waals surface area contributed by atoms with E-state index in [1.165, 1.54) is 33.6 Å². The highest BCUT2D eigenvalue weighted by molar-refractivity contribution is 5.86. The number of hydrogen-bond acceptors (Lipinski definition) is 1. The summed E-state index contributed by atoms with van der Waals surface area (Å²) in [5.74, 6) is 0. The normalized spacial score (nSPS) is 16.1. The zero-order chi connectivity index (χ0) is 16.5. The summed E-state index contributed by atoms with van der Waals surface area (Å²) in [5.41, 5.74) is 7.38. The summed E-state index contributed by atoms with van der Waals surface area (Å²) in [6.45, 7) is 4.24. The minimum absolute atomic E-state index is 0.0863. The number of aryl methyl sites for hydroxylation is 2. The molecule has 2 nitrogen and oxygen atoms in total. The molecule has 0 aliphatic carbocycles. The molecule has 0 saturated carbocycles. The summed E-state index contributed by atoms with van der Waals surface area (Å²) in [6, 6.07) is 25.9. The quantitative estimate of drug-likeness (QED) is 0.643. The lowest BCUT2D eigenvalue weighted by Crippen LogP contribution is -2.28. The molecule has 3 aromatic carbocycles. The van der Waals surface area contributed by atoms with Gasteiger partial charge in [-0.15, -0.1) is 0 Å². The minimum atomic E-state index is 0.0863. The topological polar surface area (TPSA) is 15.0 Å². The molecule has 0 fully saturated rings. The predicted octanol–water partition coefficient (Wildman–Crippen LogP) is 5.19. The molecule has 1 atom stereocenters. The fraction of sp³-hybridized carbons (Fsp3) is 0.136. The fourth-order valence-electron chi connectivity index (χ4n) is 3.12. The molecule has 0 amide bonds. The highest BCUT2D eigenvalue weighted by Gasteiger charge is 2.29. The standard InChI is InChI=1S/C22H20N2/c1-16-7-11-18(12-8-16)22-23-21-6-4-3-5-19(21)15-24(22)20-13-9-17(2)10-14-20/h3-15,22H,1-2H3/p+1. The summed E-state index contributed by atoms with van der Waals surface area (Å²) in [7, 11) is 0. The molecule has 1 heterocycles. The highest BCUT2D eigenvalue weighted by Crippen LogP contribution is 2.31. The van der Waals surface area contributed by atoms with Gasteiger partial charge in [-0.25, -0.2) is 0 Å². The number of hydrogen-bond donors (Lipinski definition) is 1. The first kappa shape index (κ1) is 14.7. The van der Waals surface area contributed by atoms with Gasteiger partial charge in [-0.3, -0.25) is 0 Å². The fourth-order valence-corrected chi connectivity index (χ4v) is 3.12. The van der Waals surface area contributed by atoms with Gasteiger partial charge in [0.2, 0.25) is 5.69 Å². The second kappa shape index (κ2) is 5.97. The van der Waals surface area contributed by atoms with Gasteiger partial charge in [-0.2, -0.15) is 4.58 Å². The predicted molar refractivity (Wildman–Crippen MR) is 100 cm³/mol. The van der Waals surface area contributed by atoms with E-state index in [0.29, 0.717) is 0 Å². The third-order valence-electron chi connectivity index (χ3n) is 4.53. The second-order valence-electron chi connectivity index (χ2n) is 6.42. The SMILES string of the molecule is Cc1ccc(C2Nc3ccccc3C=[N+]2c2ccc(C)cc2)cc1. The van der Waals surface area contributed by atoms with Crippen LogP contribution < -0.4 is 5.32 Å². The molecular formula is C22H21N2+. The maximum Gasteiger partial charge on any atom is 0.258 e. The van der Waals surface area contributed by atoms with E-state index in [0.717, 1.165) is 0 Å². The number of fused-ring (bicyclic) bond motifs is 1. The molecule has 0 aromatic heterocycles. The third kappa shape index (κ3) is 2.71. The maximum atomic E-state index is 3.69. The lowest BCUT2D eigenvalue weighted by atomic mass is 10.0. The summed E-state index contributed by atoms with van der Waals surface area (Å²) >= 11 is 0. The lowest BCUT2D eigenvalue weighted by molar-refractivity contribution is -0.479. The Morgan fingerprint density at radius 1 is 0.750 bits per heavy atom. The van der Waals surface area contributed by atoms with Gasteiger partial charge < -0.3 is 5.32 Å². The van der Waals surface area contributed by atoms with E-state index in [1.807, 2.05) is 0 Å². The minimum Gasteiger partial charge on any atom is -0.323 e. The van der Waals surface area contributed by atoms with Crippen LogP contribution in [0.4, 0.5) is 11.4 Å². The summed E-state index contributed by atoms with van der Waals surface area (Å²) in [5, 5.41) is 3.69. The molecule has 1 N–H and O–H groups in total. The van der Waals surface area contributed by atoms with Crippen LogP contribution in [0.2, 0.25) is 0 Å². The number of benzene rings is 3. The van der Waals surface area contributed by atoms with Crippen molar-refractivity contribution in [2.75, 3.05) is 5.32 Å². The second-order valence-corrected chi connectivity index (χ2v) is 6.42. The molecule has 24 heavy (non-hydrogen) atoms. The van der Waals surface area contributed by atoms with Gasteiger partial charge in [0.1, 0.15) is 0 Å². The van der Waals surface area contributed by atoms with Crippen molar-refractivity contribution in [3.8, 4) is 0 Å².